The van der Waals surface area contributed by atoms with Gasteiger partial charge in [-0.2, -0.15) is 10.2 Å². The summed E-state index contributed by atoms with van der Waals surface area (Å²) in [6, 6.07) is 10.8. The SMILES string of the molecule is Nc1cnnc2cc(-c3cc(B(O)OC=O)ccc3OC3CCOCC3)ccc12. The average molecular weight is 393 g/mol. The summed E-state index contributed by atoms with van der Waals surface area (Å²) in [6.45, 7) is 1.54. The molecule has 29 heavy (non-hydrogen) atoms. The lowest BCUT2D eigenvalue weighted by atomic mass is 9.78. The zero-order valence-electron chi connectivity index (χ0n) is 15.7. The molecule has 2 aromatic carbocycles. The average Bonchev–Trinajstić information content (AvgIpc) is 2.75. The molecule has 0 unspecified atom stereocenters. The monoisotopic (exact) mass is 393 g/mol. The highest BCUT2D eigenvalue weighted by atomic mass is 16.5. The van der Waals surface area contributed by atoms with Crippen LogP contribution in [-0.2, 0) is 14.2 Å². The van der Waals surface area contributed by atoms with Crippen molar-refractivity contribution in [3.05, 3.63) is 42.6 Å². The van der Waals surface area contributed by atoms with Gasteiger partial charge in [-0.3, -0.25) is 4.79 Å². The van der Waals surface area contributed by atoms with Gasteiger partial charge in [0, 0.05) is 23.8 Å². The molecule has 9 heteroatoms. The van der Waals surface area contributed by atoms with Gasteiger partial charge >= 0.3 is 7.12 Å². The number of nitrogens with two attached hydrogens (primary N) is 1. The Kier molecular flexibility index (Phi) is 5.59. The van der Waals surface area contributed by atoms with Crippen LogP contribution in [0.5, 0.6) is 5.75 Å². The van der Waals surface area contributed by atoms with E-state index >= 15 is 0 Å². The molecular formula is C20H20BN3O5. The second kappa shape index (κ2) is 8.46. The van der Waals surface area contributed by atoms with Gasteiger partial charge < -0.3 is 24.9 Å². The van der Waals surface area contributed by atoms with Gasteiger partial charge in [-0.1, -0.05) is 12.1 Å². The van der Waals surface area contributed by atoms with Crippen LogP contribution in [0.3, 0.4) is 0 Å². The second-order valence-corrected chi connectivity index (χ2v) is 6.80. The third-order valence-corrected chi connectivity index (χ3v) is 4.92. The van der Waals surface area contributed by atoms with Crippen molar-refractivity contribution in [1.82, 2.24) is 10.2 Å². The Morgan fingerprint density at radius 3 is 2.83 bits per heavy atom. The molecule has 1 fully saturated rings. The van der Waals surface area contributed by atoms with Crippen LogP contribution in [0, 0.1) is 0 Å². The molecule has 2 heterocycles. The molecule has 0 spiro atoms. The number of nitrogen functional groups attached to an aromatic ring is 1. The van der Waals surface area contributed by atoms with Crippen LogP contribution in [-0.4, -0.2) is 48.1 Å². The molecule has 4 rings (SSSR count). The minimum atomic E-state index is -1.36. The lowest BCUT2D eigenvalue weighted by molar-refractivity contribution is -0.121. The standard InChI is InChI=1S/C20H20BN3O5/c22-18-11-23-24-19-9-13(1-3-16(18)19)17-10-14(21(26)28-12-25)2-4-20(17)29-15-5-7-27-8-6-15/h1-4,9-12,15,26H,5-8H2,(H2,22,24). The molecule has 1 aliphatic heterocycles. The van der Waals surface area contributed by atoms with Gasteiger partial charge in [0.2, 0.25) is 0 Å². The van der Waals surface area contributed by atoms with Crippen molar-refractivity contribution in [2.75, 3.05) is 18.9 Å². The van der Waals surface area contributed by atoms with Gasteiger partial charge in [-0.05, 0) is 35.3 Å². The lowest BCUT2D eigenvalue weighted by Crippen LogP contribution is -2.33. The van der Waals surface area contributed by atoms with Gasteiger partial charge in [-0.25, -0.2) is 0 Å². The molecule has 3 N–H and O–H groups in total. The van der Waals surface area contributed by atoms with Crippen LogP contribution < -0.4 is 15.9 Å². The molecule has 1 aliphatic rings. The van der Waals surface area contributed by atoms with Gasteiger partial charge in [-0.15, -0.1) is 0 Å². The molecule has 0 aliphatic carbocycles. The number of ether oxygens (including phenoxy) is 2. The first-order valence-corrected chi connectivity index (χ1v) is 9.32. The molecule has 3 aromatic rings. The van der Waals surface area contributed by atoms with Crippen molar-refractivity contribution in [2.24, 2.45) is 0 Å². The number of nitrogens with zero attached hydrogens (tertiary/aromatic N) is 2. The van der Waals surface area contributed by atoms with Crippen molar-refractivity contribution in [2.45, 2.75) is 18.9 Å². The number of hydrogen-bond acceptors (Lipinski definition) is 8. The third kappa shape index (κ3) is 4.15. The molecule has 0 amide bonds. The molecule has 1 aromatic heterocycles. The summed E-state index contributed by atoms with van der Waals surface area (Å²) in [5, 5.41) is 18.9. The Labute approximate surface area is 167 Å². The summed E-state index contributed by atoms with van der Waals surface area (Å²) in [6.07, 6.45) is 3.16. The first-order chi connectivity index (χ1) is 14.2. The Bertz CT molecular complexity index is 1030. The van der Waals surface area contributed by atoms with E-state index in [1.807, 2.05) is 18.2 Å². The maximum atomic E-state index is 10.6. The highest BCUT2D eigenvalue weighted by Crippen LogP contribution is 2.33. The van der Waals surface area contributed by atoms with E-state index in [4.69, 9.17) is 15.2 Å². The number of carbonyl (C=O) groups is 1. The van der Waals surface area contributed by atoms with E-state index in [1.165, 1.54) is 6.20 Å². The maximum Gasteiger partial charge on any atom is 0.561 e. The van der Waals surface area contributed by atoms with Crippen molar-refractivity contribution >= 4 is 35.6 Å². The predicted molar refractivity (Wildman–Crippen MR) is 109 cm³/mol. The fraction of sp³-hybridized carbons (Fsp3) is 0.250. The van der Waals surface area contributed by atoms with E-state index in [2.05, 4.69) is 14.9 Å². The van der Waals surface area contributed by atoms with E-state index in [9.17, 15) is 9.82 Å². The quantitative estimate of drug-likeness (QED) is 0.476. The Hall–Kier alpha value is -3.17. The van der Waals surface area contributed by atoms with E-state index in [1.54, 1.807) is 18.2 Å². The molecule has 148 valence electrons. The summed E-state index contributed by atoms with van der Waals surface area (Å²) >= 11 is 0. The molecule has 0 bridgehead atoms. The van der Waals surface area contributed by atoms with E-state index in [-0.39, 0.29) is 12.6 Å². The predicted octanol–water partition coefficient (Wildman–Crippen LogP) is 1.30. The van der Waals surface area contributed by atoms with Crippen LogP contribution in [0.4, 0.5) is 5.69 Å². The highest BCUT2D eigenvalue weighted by Gasteiger charge is 2.22. The molecule has 0 radical (unpaired) electrons. The van der Waals surface area contributed by atoms with Crippen molar-refractivity contribution < 1.29 is 23.9 Å². The van der Waals surface area contributed by atoms with Crippen molar-refractivity contribution in [3.8, 4) is 16.9 Å². The zero-order valence-corrected chi connectivity index (χ0v) is 15.7. The number of benzene rings is 2. The molecule has 8 nitrogen and oxygen atoms in total. The lowest BCUT2D eigenvalue weighted by Gasteiger charge is -2.25. The maximum absolute atomic E-state index is 10.6. The van der Waals surface area contributed by atoms with Crippen molar-refractivity contribution in [1.29, 1.82) is 0 Å². The van der Waals surface area contributed by atoms with Crippen LogP contribution >= 0.6 is 0 Å². The summed E-state index contributed by atoms with van der Waals surface area (Å²) in [7, 11) is -1.36. The first-order valence-electron chi connectivity index (χ1n) is 9.32. The van der Waals surface area contributed by atoms with Crippen LogP contribution in [0.25, 0.3) is 22.0 Å². The number of rotatable bonds is 6. The largest absolute Gasteiger partial charge is 0.561 e. The molecule has 0 saturated carbocycles. The molecule has 0 atom stereocenters. The Morgan fingerprint density at radius 2 is 2.03 bits per heavy atom. The minimum Gasteiger partial charge on any atom is -0.508 e. The van der Waals surface area contributed by atoms with Crippen molar-refractivity contribution in [3.63, 3.8) is 0 Å². The summed E-state index contributed by atoms with van der Waals surface area (Å²) in [5.41, 5.74) is 9.17. The smallest absolute Gasteiger partial charge is 0.508 e. The fourth-order valence-corrected chi connectivity index (χ4v) is 3.38. The number of hydrogen-bond donors (Lipinski definition) is 2. The van der Waals surface area contributed by atoms with E-state index in [0.29, 0.717) is 35.6 Å². The summed E-state index contributed by atoms with van der Waals surface area (Å²) < 4.78 is 16.3. The number of aromatic nitrogens is 2. The second-order valence-electron chi connectivity index (χ2n) is 6.80. The normalized spacial score (nSPS) is 14.5. The fourth-order valence-electron chi connectivity index (χ4n) is 3.38. The number of anilines is 1. The van der Waals surface area contributed by atoms with Gasteiger partial charge in [0.25, 0.3) is 6.47 Å². The highest BCUT2D eigenvalue weighted by molar-refractivity contribution is 6.61. The van der Waals surface area contributed by atoms with Crippen LogP contribution in [0.15, 0.2) is 42.6 Å². The summed E-state index contributed by atoms with van der Waals surface area (Å²) in [5.74, 6) is 0.662. The topological polar surface area (TPSA) is 117 Å². The minimum absolute atomic E-state index is 0.0420. The van der Waals surface area contributed by atoms with Crippen LogP contribution in [0.1, 0.15) is 12.8 Å². The van der Waals surface area contributed by atoms with E-state index in [0.717, 1.165) is 29.4 Å². The van der Waals surface area contributed by atoms with Crippen LogP contribution in [0.2, 0.25) is 0 Å². The Morgan fingerprint density at radius 1 is 1.21 bits per heavy atom. The van der Waals surface area contributed by atoms with E-state index < -0.39 is 7.12 Å². The first kappa shape index (κ1) is 19.2. The summed E-state index contributed by atoms with van der Waals surface area (Å²) in [4.78, 5) is 10.6. The third-order valence-electron chi connectivity index (χ3n) is 4.92. The van der Waals surface area contributed by atoms with Gasteiger partial charge in [0.05, 0.1) is 30.6 Å². The number of fused-ring (bicyclic) bond motifs is 1. The zero-order chi connectivity index (χ0) is 20.2. The van der Waals surface area contributed by atoms with Gasteiger partial charge in [0.15, 0.2) is 0 Å². The van der Waals surface area contributed by atoms with Gasteiger partial charge in [0.1, 0.15) is 11.9 Å². The molecular weight excluding hydrogens is 373 g/mol. The molecule has 1 saturated heterocycles. The number of carbonyl (C=O) groups excluding carboxylic acids is 1. The Balaban J connectivity index is 1.77.